The van der Waals surface area contributed by atoms with Crippen molar-refractivity contribution in [2.24, 2.45) is 19.8 Å². The fraction of sp³-hybridized carbons (Fsp3) is 0.391. The van der Waals surface area contributed by atoms with Gasteiger partial charge in [0.05, 0.1) is 71.1 Å². The number of β-amino-alcohol motifs (C(OH)–C–C–N with tert-alkyl or cyclic N) is 1. The van der Waals surface area contributed by atoms with Crippen LogP contribution in [0.1, 0.15) is 112 Å². The number of piperidine rings is 1. The second kappa shape index (κ2) is 38.0. The number of aromatic nitrogens is 4. The number of rotatable bonds is 16. The first-order chi connectivity index (χ1) is 42.7. The Morgan fingerprint density at radius 2 is 1.42 bits per heavy atom. The SMILES string of the molecule is CC(=O)Oc1ccccc1C(=O)O.CC(C)(C)NCC(O)c1ccc(O)c(CO)c1.CC(C)[N+]1(C)[C@@H]2CC[C@H]1CC(OC(=O)C(CO)c1ccccc1)C2.Cn1c(=O)c2[nH]cnc2n(C)c1=O.N[C@@H](Cc1cc(I)c(Oc2cc(I)c(O)c(I)c2)c(I)c1)C(=O)[O-].[Br-].[Na+]. The van der Waals surface area contributed by atoms with E-state index < -0.39 is 36.0 Å². The largest absolute Gasteiger partial charge is 1.00 e. The number of para-hydroxylation sites is 1. The number of hydrogen-bond donors (Lipinski definition) is 9. The topological polar surface area (TPSA) is 351 Å². The van der Waals surface area contributed by atoms with Crippen molar-refractivity contribution in [1.82, 2.24) is 24.4 Å². The van der Waals surface area contributed by atoms with E-state index in [1.54, 1.807) is 43.4 Å². The summed E-state index contributed by atoms with van der Waals surface area (Å²) < 4.78 is 23.1. The number of aromatic hydroxyl groups is 2. The van der Waals surface area contributed by atoms with Crippen molar-refractivity contribution in [3.63, 3.8) is 0 Å². The van der Waals surface area contributed by atoms with Crippen LogP contribution in [0.5, 0.6) is 28.7 Å². The second-order valence-electron chi connectivity index (χ2n) is 23.1. The zero-order chi connectivity index (χ0) is 67.8. The number of aliphatic carboxylic acids is 1. The Labute approximate surface area is 626 Å². The summed E-state index contributed by atoms with van der Waals surface area (Å²) in [6.07, 6.45) is 5.30. The number of benzene rings is 5. The summed E-state index contributed by atoms with van der Waals surface area (Å²) in [5.74, 6) is -2.12. The van der Waals surface area contributed by atoms with Crippen molar-refractivity contribution in [3.8, 4) is 28.7 Å². The third-order valence-corrected chi connectivity index (χ3v) is 18.7. The predicted octanol–water partition coefficient (Wildman–Crippen LogP) is 1.66. The van der Waals surface area contributed by atoms with Gasteiger partial charge >= 0.3 is 53.2 Å². The fourth-order valence-electron chi connectivity index (χ4n) is 10.3. The van der Waals surface area contributed by atoms with Crippen LogP contribution in [0.2, 0.25) is 0 Å². The Hall–Kier alpha value is -4.31. The molecular formula is C64H77BrI4N7NaO16. The Morgan fingerprint density at radius 3 is 1.94 bits per heavy atom. The zero-order valence-corrected chi connectivity index (χ0v) is 65.3. The van der Waals surface area contributed by atoms with E-state index >= 15 is 0 Å². The maximum absolute atomic E-state index is 12.6. The number of aromatic carboxylic acids is 1. The monoisotopic (exact) mass is 1810 g/mol. The second-order valence-corrected chi connectivity index (χ2v) is 27.8. The number of aliphatic hydroxyl groups is 3. The van der Waals surface area contributed by atoms with Crippen molar-refractivity contribution in [2.75, 3.05) is 20.2 Å². The number of aliphatic hydroxyl groups excluding tert-OH is 3. The molecule has 5 aromatic carbocycles. The van der Waals surface area contributed by atoms with Gasteiger partial charge in [0, 0.05) is 70.4 Å². The number of phenols is 2. The number of carbonyl (C=O) groups is 4. The number of quaternary nitrogens is 1. The van der Waals surface area contributed by atoms with E-state index in [0.717, 1.165) is 40.2 Å². The molecule has 7 atom stereocenters. The van der Waals surface area contributed by atoms with E-state index in [4.69, 9.17) is 25.4 Å². The van der Waals surface area contributed by atoms with E-state index in [0.29, 0.717) is 65.6 Å². The standard InChI is InChI=1S/C20H30NO3.C15H11I4NO4.C13H21NO3.C9H8O4.C7H8N4O2.BrH.Na/c1-14(2)21(3)16-9-10-17(21)12-18(11-16)24-20(23)19(13-22)15-7-5-4-6-8-15;16-8-4-7(5-9(17)13(8)21)24-14-10(18)1-6(2-11(14)19)3-12(20)15(22)23;1-13(2,3)14-7-12(17)9-4-5-11(16)10(6-9)8-15;1-6(10)13-8-5-3-2-4-7(8)9(11)12;1-10-5-4(8-3-9-5)6(12)11(2)7(10)13;;/h4-8,14,16-19,22H,9-13H2,1-3H3;1-2,4-5,12,21H,3,20H2,(H,22,23);4-6,12,14-17H,7-8H2,1-3H3;2-5H,1H3,(H,11,12);3H,1-2H3,(H,8,9);1H;/q+1;;;;;;+1/p-2/t16-,17+,18?,19?,21?;12-;;;;;/m.0...../s1. The van der Waals surface area contributed by atoms with E-state index in [9.17, 15) is 54.3 Å². The number of aromatic amines is 1. The third-order valence-electron chi connectivity index (χ3n) is 15.5. The molecule has 2 aromatic heterocycles. The number of H-pyrrole nitrogens is 1. The molecule has 9 rings (SSSR count). The summed E-state index contributed by atoms with van der Waals surface area (Å²) in [5.41, 5.74) is 8.22. The molecule has 0 amide bonds. The number of hydrogen-bond acceptors (Lipinski definition) is 18. The van der Waals surface area contributed by atoms with Crippen LogP contribution in [0.4, 0.5) is 0 Å². The number of aryl methyl sites for hydroxylation is 1. The van der Waals surface area contributed by atoms with Crippen molar-refractivity contribution in [2.45, 2.75) is 128 Å². The normalized spacial score (nSPS) is 17.1. The molecule has 500 valence electrons. The summed E-state index contributed by atoms with van der Waals surface area (Å²) >= 11 is 8.37. The molecule has 4 heterocycles. The minimum absolute atomic E-state index is 0. The average Bonchev–Trinajstić information content (AvgIpc) is 1.64. The van der Waals surface area contributed by atoms with Gasteiger partial charge in [-0.2, -0.15) is 0 Å². The Morgan fingerprint density at radius 1 is 0.849 bits per heavy atom. The predicted molar refractivity (Wildman–Crippen MR) is 374 cm³/mol. The molecule has 4 unspecified atom stereocenters. The first-order valence-corrected chi connectivity index (χ1v) is 33.0. The number of nitrogens with two attached hydrogens (primary N) is 1. The Kier molecular flexibility index (Phi) is 33.9. The van der Waals surface area contributed by atoms with Gasteiger partial charge in [-0.05, 0) is 197 Å². The van der Waals surface area contributed by atoms with E-state index in [2.05, 4.69) is 86.1 Å². The molecule has 2 bridgehead atoms. The van der Waals surface area contributed by atoms with Crippen LogP contribution in [0.3, 0.4) is 0 Å². The first kappa shape index (κ1) is 82.9. The van der Waals surface area contributed by atoms with Gasteiger partial charge in [-0.1, -0.05) is 48.5 Å². The number of imidazole rings is 1. The maximum atomic E-state index is 12.6. The quantitative estimate of drug-likeness (QED) is 0.0218. The van der Waals surface area contributed by atoms with Crippen molar-refractivity contribution in [3.05, 3.63) is 166 Å². The van der Waals surface area contributed by atoms with Gasteiger partial charge in [0.15, 0.2) is 11.4 Å². The molecule has 0 radical (unpaired) electrons. The molecular weight excluding hydrogens is 1730 g/mol. The van der Waals surface area contributed by atoms with Gasteiger partial charge in [0.2, 0.25) is 0 Å². The number of carboxylic acid groups (broad SMARTS) is 2. The van der Waals surface area contributed by atoms with E-state index in [1.165, 1.54) is 55.9 Å². The first-order valence-electron chi connectivity index (χ1n) is 28.7. The third kappa shape index (κ3) is 23.2. The van der Waals surface area contributed by atoms with E-state index in [-0.39, 0.29) is 118 Å². The van der Waals surface area contributed by atoms with Crippen molar-refractivity contribution in [1.29, 1.82) is 0 Å². The van der Waals surface area contributed by atoms with Crippen LogP contribution in [0, 0.1) is 14.3 Å². The number of carboxylic acids is 2. The number of carbonyl (C=O) groups excluding carboxylic acids is 3. The molecule has 2 saturated heterocycles. The summed E-state index contributed by atoms with van der Waals surface area (Å²) in [7, 11) is 5.38. The van der Waals surface area contributed by atoms with Gasteiger partial charge in [0.25, 0.3) is 5.56 Å². The Bertz CT molecular complexity index is 3740. The maximum Gasteiger partial charge on any atom is 1.00 e. The summed E-state index contributed by atoms with van der Waals surface area (Å²) in [6, 6.07) is 28.1. The molecule has 2 aliphatic heterocycles. The Balaban J connectivity index is 0.000000309. The molecule has 93 heavy (non-hydrogen) atoms. The number of nitrogens with zero attached hydrogens (tertiary/aromatic N) is 4. The van der Waals surface area contributed by atoms with Gasteiger partial charge in [0.1, 0.15) is 46.1 Å². The molecule has 10 N–H and O–H groups in total. The minimum Gasteiger partial charge on any atom is -1.00 e. The van der Waals surface area contributed by atoms with Crippen LogP contribution < -0.4 is 83.4 Å². The molecule has 2 aliphatic rings. The molecule has 29 heteroatoms. The van der Waals surface area contributed by atoms with Gasteiger partial charge in [-0.25, -0.2) is 14.6 Å². The van der Waals surface area contributed by atoms with Crippen LogP contribution in [-0.4, -0.2) is 134 Å². The number of fused-ring (bicyclic) bond motifs is 3. The fourth-order valence-corrected chi connectivity index (χ4v) is 14.1. The van der Waals surface area contributed by atoms with Crippen LogP contribution in [0.15, 0.2) is 113 Å². The molecule has 0 saturated carbocycles. The van der Waals surface area contributed by atoms with Gasteiger partial charge in [-0.3, -0.25) is 23.5 Å². The van der Waals surface area contributed by atoms with Crippen LogP contribution >= 0.6 is 90.4 Å². The number of ether oxygens (including phenoxy) is 3. The van der Waals surface area contributed by atoms with Crippen molar-refractivity contribution >= 4 is 125 Å². The molecule has 0 aliphatic carbocycles. The number of phenolic OH excluding ortho intramolecular Hbond substituents is 1. The summed E-state index contributed by atoms with van der Waals surface area (Å²) in [6.45, 7) is 11.9. The number of halogens is 5. The summed E-state index contributed by atoms with van der Waals surface area (Å²) in [4.78, 5) is 73.9. The minimum atomic E-state index is -1.27. The van der Waals surface area contributed by atoms with Gasteiger partial charge < -0.3 is 92.2 Å². The van der Waals surface area contributed by atoms with E-state index in [1.807, 2.05) is 108 Å². The van der Waals surface area contributed by atoms with Crippen LogP contribution in [-0.2, 0) is 46.2 Å². The number of nitrogens with one attached hydrogen (secondary N) is 2. The molecule has 7 aromatic rings. The molecule has 2 fully saturated rings. The zero-order valence-electron chi connectivity index (χ0n) is 53.0. The number of esters is 2. The smallest absolute Gasteiger partial charge is 1.00 e. The van der Waals surface area contributed by atoms with Crippen molar-refractivity contribution < 1.29 is 120 Å². The van der Waals surface area contributed by atoms with Crippen LogP contribution in [0.25, 0.3) is 11.2 Å². The average molecular weight is 1810 g/mol. The summed E-state index contributed by atoms with van der Waals surface area (Å²) in [5, 5.41) is 70.6. The molecule has 0 spiro atoms. The van der Waals surface area contributed by atoms with Gasteiger partial charge in [-0.15, -0.1) is 0 Å². The molecule has 23 nitrogen and oxygen atoms in total.